The molecule has 0 saturated heterocycles. The molecule has 1 aromatic heterocycles. The minimum atomic E-state index is -0.0294. The molecule has 0 radical (unpaired) electrons. The molecule has 2 heterocycles. The Labute approximate surface area is 174 Å². The van der Waals surface area contributed by atoms with E-state index >= 15 is 0 Å². The third-order valence-corrected chi connectivity index (χ3v) is 7.48. The van der Waals surface area contributed by atoms with Gasteiger partial charge in [-0.2, -0.15) is 0 Å². The SMILES string of the molecule is CCN(CC)C(=O)C1C=C2c3cccc4[nH]cc(c34)CC2N(CC2CCCC2)C1. The van der Waals surface area contributed by atoms with Gasteiger partial charge in [-0.25, -0.2) is 0 Å². The molecule has 1 saturated carbocycles. The molecule has 29 heavy (non-hydrogen) atoms. The fourth-order valence-corrected chi connectivity index (χ4v) is 5.98. The zero-order valence-electron chi connectivity index (χ0n) is 17.8. The van der Waals surface area contributed by atoms with Gasteiger partial charge in [0.25, 0.3) is 0 Å². The number of carbonyl (C=O) groups excluding carboxylic acids is 1. The second-order valence-electron chi connectivity index (χ2n) is 9.11. The fraction of sp³-hybridized carbons (Fsp3) is 0.560. The second kappa shape index (κ2) is 7.64. The van der Waals surface area contributed by atoms with Gasteiger partial charge in [0, 0.05) is 49.3 Å². The Morgan fingerprint density at radius 2 is 2.00 bits per heavy atom. The summed E-state index contributed by atoms with van der Waals surface area (Å²) in [7, 11) is 0. The van der Waals surface area contributed by atoms with Crippen molar-refractivity contribution in [2.24, 2.45) is 11.8 Å². The van der Waals surface area contributed by atoms with Crippen molar-refractivity contribution in [1.29, 1.82) is 0 Å². The van der Waals surface area contributed by atoms with Gasteiger partial charge in [0.05, 0.1) is 5.92 Å². The van der Waals surface area contributed by atoms with Crippen molar-refractivity contribution in [3.05, 3.63) is 41.6 Å². The van der Waals surface area contributed by atoms with E-state index in [0.29, 0.717) is 11.9 Å². The van der Waals surface area contributed by atoms with Gasteiger partial charge in [-0.15, -0.1) is 0 Å². The third-order valence-electron chi connectivity index (χ3n) is 7.48. The van der Waals surface area contributed by atoms with Crippen molar-refractivity contribution in [3.8, 4) is 0 Å². The zero-order chi connectivity index (χ0) is 20.0. The predicted molar refractivity (Wildman–Crippen MR) is 119 cm³/mol. The Morgan fingerprint density at radius 1 is 1.21 bits per heavy atom. The van der Waals surface area contributed by atoms with E-state index in [1.54, 1.807) is 0 Å². The Kier molecular flexibility index (Phi) is 4.99. The quantitative estimate of drug-likeness (QED) is 0.817. The van der Waals surface area contributed by atoms with Gasteiger partial charge in [-0.05, 0) is 61.8 Å². The summed E-state index contributed by atoms with van der Waals surface area (Å²) in [6.07, 6.45) is 11.0. The van der Waals surface area contributed by atoms with E-state index in [1.807, 2.05) is 4.90 Å². The molecular formula is C25H33N3O. The molecular weight excluding hydrogens is 358 g/mol. The molecule has 1 aliphatic heterocycles. The monoisotopic (exact) mass is 391 g/mol. The Bertz CT molecular complexity index is 933. The lowest BCUT2D eigenvalue weighted by molar-refractivity contribution is -0.134. The average molecular weight is 392 g/mol. The van der Waals surface area contributed by atoms with E-state index in [0.717, 1.165) is 38.5 Å². The number of H-pyrrole nitrogens is 1. The summed E-state index contributed by atoms with van der Waals surface area (Å²) in [5, 5.41) is 1.37. The molecule has 2 aliphatic carbocycles. The molecule has 4 heteroatoms. The number of nitrogens with one attached hydrogen (secondary N) is 1. The highest BCUT2D eigenvalue weighted by Crippen LogP contribution is 2.42. The first-order valence-electron chi connectivity index (χ1n) is 11.5. The minimum absolute atomic E-state index is 0.0294. The second-order valence-corrected chi connectivity index (χ2v) is 9.11. The van der Waals surface area contributed by atoms with Gasteiger partial charge < -0.3 is 9.88 Å². The van der Waals surface area contributed by atoms with Crippen LogP contribution in [0.4, 0.5) is 0 Å². The van der Waals surface area contributed by atoms with E-state index < -0.39 is 0 Å². The fourth-order valence-electron chi connectivity index (χ4n) is 5.98. The number of carbonyl (C=O) groups is 1. The van der Waals surface area contributed by atoms with Crippen LogP contribution in [-0.2, 0) is 11.2 Å². The first-order chi connectivity index (χ1) is 14.2. The summed E-state index contributed by atoms with van der Waals surface area (Å²) in [4.78, 5) is 21.4. The topological polar surface area (TPSA) is 39.3 Å². The van der Waals surface area contributed by atoms with Crippen LogP contribution < -0.4 is 0 Å². The summed E-state index contributed by atoms with van der Waals surface area (Å²) in [6.45, 7) is 7.76. The first-order valence-corrected chi connectivity index (χ1v) is 11.5. The van der Waals surface area contributed by atoms with Crippen LogP contribution in [0.2, 0.25) is 0 Å². The molecule has 2 aromatic rings. The zero-order valence-corrected chi connectivity index (χ0v) is 17.8. The number of nitrogens with zero attached hydrogens (tertiary/aromatic N) is 2. The van der Waals surface area contributed by atoms with E-state index in [1.165, 1.54) is 53.3 Å². The van der Waals surface area contributed by atoms with Gasteiger partial charge in [-0.3, -0.25) is 9.69 Å². The van der Waals surface area contributed by atoms with Gasteiger partial charge in [0.2, 0.25) is 5.91 Å². The van der Waals surface area contributed by atoms with Crippen LogP contribution in [0.1, 0.15) is 50.7 Å². The van der Waals surface area contributed by atoms with Crippen molar-refractivity contribution in [2.45, 2.75) is 52.0 Å². The maximum atomic E-state index is 13.3. The Morgan fingerprint density at radius 3 is 2.76 bits per heavy atom. The summed E-state index contributed by atoms with van der Waals surface area (Å²) in [5.74, 6) is 1.06. The van der Waals surface area contributed by atoms with E-state index in [-0.39, 0.29) is 5.92 Å². The summed E-state index contributed by atoms with van der Waals surface area (Å²) in [5.41, 5.74) is 5.37. The number of benzene rings is 1. The van der Waals surface area contributed by atoms with Crippen molar-refractivity contribution >= 4 is 22.4 Å². The standard InChI is InChI=1S/C25H33N3O/c1-3-27(4-2)25(29)19-12-21-20-10-7-11-22-24(20)18(14-26-22)13-23(21)28(16-19)15-17-8-5-6-9-17/h7,10-12,14,17,19,23,26H,3-6,8-9,13,15-16H2,1-2H3. The van der Waals surface area contributed by atoms with Crippen LogP contribution >= 0.6 is 0 Å². The van der Waals surface area contributed by atoms with E-state index in [9.17, 15) is 4.79 Å². The predicted octanol–water partition coefficient (Wildman–Crippen LogP) is 4.47. The van der Waals surface area contributed by atoms with Crippen LogP contribution in [0.5, 0.6) is 0 Å². The molecule has 154 valence electrons. The number of amides is 1. The highest BCUT2D eigenvalue weighted by atomic mass is 16.2. The van der Waals surface area contributed by atoms with Crippen LogP contribution in [-0.4, -0.2) is 52.9 Å². The van der Waals surface area contributed by atoms with Crippen LogP contribution in [0, 0.1) is 11.8 Å². The maximum Gasteiger partial charge on any atom is 0.230 e. The lowest BCUT2D eigenvalue weighted by Gasteiger charge is -2.43. The Balaban J connectivity index is 1.55. The third kappa shape index (κ3) is 3.22. The minimum Gasteiger partial charge on any atom is -0.361 e. The number of fused-ring (bicyclic) bond motifs is 2. The van der Waals surface area contributed by atoms with Crippen LogP contribution in [0.25, 0.3) is 16.5 Å². The molecule has 1 fully saturated rings. The van der Waals surface area contributed by atoms with Crippen molar-refractivity contribution in [1.82, 2.24) is 14.8 Å². The lowest BCUT2D eigenvalue weighted by Crippen LogP contribution is -2.50. The smallest absolute Gasteiger partial charge is 0.230 e. The number of hydrogen-bond donors (Lipinski definition) is 1. The summed E-state index contributed by atoms with van der Waals surface area (Å²) < 4.78 is 0. The molecule has 0 spiro atoms. The highest BCUT2D eigenvalue weighted by molar-refractivity contribution is 5.99. The van der Waals surface area contributed by atoms with Crippen molar-refractivity contribution < 1.29 is 4.79 Å². The molecule has 4 nitrogen and oxygen atoms in total. The van der Waals surface area contributed by atoms with E-state index in [4.69, 9.17) is 0 Å². The lowest BCUT2D eigenvalue weighted by atomic mass is 9.79. The molecule has 3 aliphatic rings. The molecule has 0 bridgehead atoms. The highest BCUT2D eigenvalue weighted by Gasteiger charge is 2.39. The van der Waals surface area contributed by atoms with E-state index in [2.05, 4.69) is 54.2 Å². The number of aromatic nitrogens is 1. The molecule has 1 aromatic carbocycles. The average Bonchev–Trinajstić information content (AvgIpc) is 3.40. The summed E-state index contributed by atoms with van der Waals surface area (Å²) >= 11 is 0. The van der Waals surface area contributed by atoms with Gasteiger partial charge in [0.15, 0.2) is 0 Å². The number of aromatic amines is 1. The van der Waals surface area contributed by atoms with Crippen LogP contribution in [0.3, 0.4) is 0 Å². The molecule has 2 unspecified atom stereocenters. The molecule has 5 rings (SSSR count). The first kappa shape index (κ1) is 18.9. The van der Waals surface area contributed by atoms with Crippen molar-refractivity contribution in [3.63, 3.8) is 0 Å². The van der Waals surface area contributed by atoms with Gasteiger partial charge >= 0.3 is 0 Å². The molecule has 2 atom stereocenters. The summed E-state index contributed by atoms with van der Waals surface area (Å²) in [6, 6.07) is 6.99. The maximum absolute atomic E-state index is 13.3. The largest absolute Gasteiger partial charge is 0.361 e. The van der Waals surface area contributed by atoms with Gasteiger partial charge in [-0.1, -0.05) is 31.1 Å². The van der Waals surface area contributed by atoms with Crippen molar-refractivity contribution in [2.75, 3.05) is 26.2 Å². The normalized spacial score (nSPS) is 24.6. The Hall–Kier alpha value is -2.07. The number of hydrogen-bond acceptors (Lipinski definition) is 2. The molecule has 1 amide bonds. The van der Waals surface area contributed by atoms with Gasteiger partial charge in [0.1, 0.15) is 0 Å². The number of rotatable bonds is 5. The van der Waals surface area contributed by atoms with Crippen LogP contribution in [0.15, 0.2) is 30.5 Å². The molecule has 1 N–H and O–H groups in total.